The first-order chi connectivity index (χ1) is 8.61. The number of unbranched alkanes of at least 4 members (excludes halogenated alkanes) is 4. The van der Waals surface area contributed by atoms with Crippen LogP contribution >= 0.6 is 0 Å². The molecule has 0 fully saturated rings. The highest BCUT2D eigenvalue weighted by atomic mass is 16.5. The average molecular weight is 250 g/mol. The highest BCUT2D eigenvalue weighted by Crippen LogP contribution is 2.20. The summed E-state index contributed by atoms with van der Waals surface area (Å²) in [7, 11) is 0. The number of benzene rings is 1. The normalized spacial score (nSPS) is 10.3. The first-order valence-corrected chi connectivity index (χ1v) is 6.48. The van der Waals surface area contributed by atoms with Gasteiger partial charge in [-0.15, -0.1) is 0 Å². The van der Waals surface area contributed by atoms with Crippen LogP contribution in [0.15, 0.2) is 18.2 Å². The van der Waals surface area contributed by atoms with Crippen molar-refractivity contribution < 1.29 is 9.53 Å². The van der Waals surface area contributed by atoms with E-state index in [1.807, 2.05) is 0 Å². The molecule has 0 unspecified atom stereocenters. The molecule has 0 spiro atoms. The SMILES string of the molecule is CCCCCCCC(=O)Oc1cc(N)cc(N)c1. The van der Waals surface area contributed by atoms with Crippen LogP contribution < -0.4 is 16.2 Å². The summed E-state index contributed by atoms with van der Waals surface area (Å²) in [6.45, 7) is 2.17. The second-order valence-electron chi connectivity index (χ2n) is 4.47. The average Bonchev–Trinajstić information content (AvgIpc) is 2.27. The molecule has 0 saturated heterocycles. The van der Waals surface area contributed by atoms with Crippen LogP contribution in [0.5, 0.6) is 5.75 Å². The molecule has 4 heteroatoms. The van der Waals surface area contributed by atoms with E-state index in [1.54, 1.807) is 18.2 Å². The fourth-order valence-electron chi connectivity index (χ4n) is 1.76. The Bertz CT molecular complexity index is 371. The molecular formula is C14H22N2O2. The number of carbonyl (C=O) groups is 1. The molecule has 0 bridgehead atoms. The molecule has 4 N–H and O–H groups in total. The van der Waals surface area contributed by atoms with Gasteiger partial charge in [0, 0.05) is 29.9 Å². The van der Waals surface area contributed by atoms with Crippen molar-refractivity contribution in [2.24, 2.45) is 0 Å². The van der Waals surface area contributed by atoms with Gasteiger partial charge >= 0.3 is 5.97 Å². The predicted octanol–water partition coefficient (Wildman–Crippen LogP) is 3.12. The Balaban J connectivity index is 2.31. The van der Waals surface area contributed by atoms with Crippen LogP contribution in [-0.4, -0.2) is 5.97 Å². The molecule has 100 valence electrons. The summed E-state index contributed by atoms with van der Waals surface area (Å²) in [6, 6.07) is 4.83. The molecule has 0 aliphatic rings. The fourth-order valence-corrected chi connectivity index (χ4v) is 1.76. The maximum atomic E-state index is 11.6. The van der Waals surface area contributed by atoms with Crippen molar-refractivity contribution in [3.63, 3.8) is 0 Å². The lowest BCUT2D eigenvalue weighted by Gasteiger charge is -2.06. The Hall–Kier alpha value is -1.71. The third-order valence-corrected chi connectivity index (χ3v) is 2.67. The molecule has 1 aromatic carbocycles. The monoisotopic (exact) mass is 250 g/mol. The van der Waals surface area contributed by atoms with Crippen LogP contribution in [0, 0.1) is 0 Å². The number of anilines is 2. The van der Waals surface area contributed by atoms with E-state index >= 15 is 0 Å². The molecule has 18 heavy (non-hydrogen) atoms. The van der Waals surface area contributed by atoms with Crippen LogP contribution in [0.3, 0.4) is 0 Å². The molecule has 0 aliphatic heterocycles. The summed E-state index contributed by atoms with van der Waals surface area (Å²) in [5.74, 6) is 0.197. The quantitative estimate of drug-likeness (QED) is 0.337. The summed E-state index contributed by atoms with van der Waals surface area (Å²) in [5.41, 5.74) is 12.2. The molecule has 0 amide bonds. The highest BCUT2D eigenvalue weighted by molar-refractivity contribution is 5.73. The Morgan fingerprint density at radius 3 is 2.28 bits per heavy atom. The maximum absolute atomic E-state index is 11.6. The smallest absolute Gasteiger partial charge is 0.311 e. The Morgan fingerprint density at radius 2 is 1.67 bits per heavy atom. The molecule has 0 saturated carbocycles. The lowest BCUT2D eigenvalue weighted by atomic mass is 10.1. The number of nitrogen functional groups attached to an aromatic ring is 2. The van der Waals surface area contributed by atoms with Gasteiger partial charge in [-0.25, -0.2) is 0 Å². The molecule has 1 rings (SSSR count). The van der Waals surface area contributed by atoms with Gasteiger partial charge in [-0.2, -0.15) is 0 Å². The number of carbonyl (C=O) groups excluding carboxylic acids is 1. The number of nitrogens with two attached hydrogens (primary N) is 2. The van der Waals surface area contributed by atoms with E-state index in [0.717, 1.165) is 12.8 Å². The number of ether oxygens (including phenoxy) is 1. The topological polar surface area (TPSA) is 78.3 Å². The second-order valence-corrected chi connectivity index (χ2v) is 4.47. The molecule has 0 aromatic heterocycles. The summed E-state index contributed by atoms with van der Waals surface area (Å²) < 4.78 is 5.18. The van der Waals surface area contributed by atoms with Gasteiger partial charge in [-0.3, -0.25) is 4.79 Å². The van der Waals surface area contributed by atoms with E-state index in [2.05, 4.69) is 6.92 Å². The van der Waals surface area contributed by atoms with Crippen molar-refractivity contribution in [2.75, 3.05) is 11.5 Å². The lowest BCUT2D eigenvalue weighted by molar-refractivity contribution is -0.134. The minimum Gasteiger partial charge on any atom is -0.426 e. The summed E-state index contributed by atoms with van der Waals surface area (Å²) in [6.07, 6.45) is 5.99. The largest absolute Gasteiger partial charge is 0.426 e. The van der Waals surface area contributed by atoms with Crippen molar-refractivity contribution in [2.45, 2.75) is 45.4 Å². The Kier molecular flexibility index (Phi) is 6.05. The van der Waals surface area contributed by atoms with Crippen LogP contribution in [0.25, 0.3) is 0 Å². The lowest BCUT2D eigenvalue weighted by Crippen LogP contribution is -2.08. The van der Waals surface area contributed by atoms with Gasteiger partial charge in [0.15, 0.2) is 0 Å². The van der Waals surface area contributed by atoms with Gasteiger partial charge in [0.05, 0.1) is 0 Å². The fraction of sp³-hybridized carbons (Fsp3) is 0.500. The van der Waals surface area contributed by atoms with Crippen molar-refractivity contribution >= 4 is 17.3 Å². The van der Waals surface area contributed by atoms with E-state index < -0.39 is 0 Å². The summed E-state index contributed by atoms with van der Waals surface area (Å²) in [4.78, 5) is 11.6. The van der Waals surface area contributed by atoms with Gasteiger partial charge in [0.25, 0.3) is 0 Å². The maximum Gasteiger partial charge on any atom is 0.311 e. The molecule has 1 aromatic rings. The summed E-state index contributed by atoms with van der Waals surface area (Å²) >= 11 is 0. The number of esters is 1. The number of rotatable bonds is 7. The number of hydrogen-bond acceptors (Lipinski definition) is 4. The van der Waals surface area contributed by atoms with E-state index in [4.69, 9.17) is 16.2 Å². The van der Waals surface area contributed by atoms with Crippen molar-refractivity contribution in [1.82, 2.24) is 0 Å². The van der Waals surface area contributed by atoms with Crippen LogP contribution in [0.1, 0.15) is 45.4 Å². The van der Waals surface area contributed by atoms with E-state index in [0.29, 0.717) is 23.5 Å². The van der Waals surface area contributed by atoms with Gasteiger partial charge in [0.2, 0.25) is 0 Å². The van der Waals surface area contributed by atoms with E-state index in [1.165, 1.54) is 19.3 Å². The van der Waals surface area contributed by atoms with Crippen molar-refractivity contribution in [1.29, 1.82) is 0 Å². The third-order valence-electron chi connectivity index (χ3n) is 2.67. The molecule has 0 radical (unpaired) electrons. The minimum atomic E-state index is -0.225. The second kappa shape index (κ2) is 7.58. The van der Waals surface area contributed by atoms with Gasteiger partial charge in [0.1, 0.15) is 5.75 Å². The third kappa shape index (κ3) is 5.57. The zero-order valence-electron chi connectivity index (χ0n) is 10.9. The van der Waals surface area contributed by atoms with Gasteiger partial charge in [-0.05, 0) is 12.5 Å². The van der Waals surface area contributed by atoms with Crippen LogP contribution in [0.4, 0.5) is 11.4 Å². The molecule has 4 nitrogen and oxygen atoms in total. The zero-order valence-corrected chi connectivity index (χ0v) is 10.9. The first kappa shape index (κ1) is 14.4. The molecule has 0 aliphatic carbocycles. The van der Waals surface area contributed by atoms with E-state index in [-0.39, 0.29) is 5.97 Å². The van der Waals surface area contributed by atoms with Gasteiger partial charge < -0.3 is 16.2 Å². The van der Waals surface area contributed by atoms with Gasteiger partial charge in [-0.1, -0.05) is 32.6 Å². The zero-order chi connectivity index (χ0) is 13.4. The first-order valence-electron chi connectivity index (χ1n) is 6.48. The molecule has 0 heterocycles. The van der Waals surface area contributed by atoms with E-state index in [9.17, 15) is 4.79 Å². The number of hydrogen-bond donors (Lipinski definition) is 2. The van der Waals surface area contributed by atoms with Crippen molar-refractivity contribution in [3.8, 4) is 5.75 Å². The van der Waals surface area contributed by atoms with Crippen LogP contribution in [0.2, 0.25) is 0 Å². The van der Waals surface area contributed by atoms with Crippen LogP contribution in [-0.2, 0) is 4.79 Å². The predicted molar refractivity (Wildman–Crippen MR) is 74.3 cm³/mol. The minimum absolute atomic E-state index is 0.225. The van der Waals surface area contributed by atoms with Crippen molar-refractivity contribution in [3.05, 3.63) is 18.2 Å². The highest BCUT2D eigenvalue weighted by Gasteiger charge is 2.05. The molecule has 0 atom stereocenters. The standard InChI is InChI=1S/C14H22N2O2/c1-2-3-4-5-6-7-14(17)18-13-9-11(15)8-12(16)10-13/h8-10H,2-7,15-16H2,1H3. The Morgan fingerprint density at radius 1 is 1.06 bits per heavy atom. The molecular weight excluding hydrogens is 228 g/mol. The Labute approximate surface area is 108 Å². The summed E-state index contributed by atoms with van der Waals surface area (Å²) in [5, 5.41) is 0.